The Bertz CT molecular complexity index is 2570. The van der Waals surface area contributed by atoms with Gasteiger partial charge in [-0.2, -0.15) is 0 Å². The number of hydrogen-bond donors (Lipinski definition) is 4. The predicted octanol–water partition coefficient (Wildman–Crippen LogP) is 6.36. The van der Waals surface area contributed by atoms with E-state index in [1.807, 2.05) is 45.0 Å². The second kappa shape index (κ2) is 15.6. The fraction of sp³-hybridized carbons (Fsp3) is 0.209. The van der Waals surface area contributed by atoms with E-state index in [1.54, 1.807) is 41.0 Å². The molecule has 0 radical (unpaired) electrons. The number of aromatic nitrogens is 4. The van der Waals surface area contributed by atoms with Crippen LogP contribution >= 0.6 is 0 Å². The maximum atomic E-state index is 13.5. The minimum atomic E-state index is -1.13. The Labute approximate surface area is 326 Å². The topological polar surface area (TPSA) is 180 Å². The van der Waals surface area contributed by atoms with Crippen LogP contribution in [0.5, 0.6) is 0 Å². The van der Waals surface area contributed by atoms with Gasteiger partial charge in [-0.15, -0.1) is 0 Å². The molecule has 57 heavy (non-hydrogen) atoms. The van der Waals surface area contributed by atoms with Crippen LogP contribution < -0.4 is 22.1 Å². The lowest BCUT2D eigenvalue weighted by atomic mass is 10.0. The fourth-order valence-corrected chi connectivity index (χ4v) is 6.19. The van der Waals surface area contributed by atoms with Gasteiger partial charge in [-0.25, -0.2) is 18.7 Å². The molecule has 4 aromatic carbocycles. The summed E-state index contributed by atoms with van der Waals surface area (Å²) in [5.41, 5.74) is 18.1. The number of anilines is 2. The summed E-state index contributed by atoms with van der Waals surface area (Å²) >= 11 is 0. The Hall–Kier alpha value is -6.96. The first-order valence-electron chi connectivity index (χ1n) is 18.4. The standard InChI is InChI=1S/C22H22N4O2.C21H18F2N4O2/c1-13-5-3-4-6-17(13)20(27)19-21(23)26(12-24-19)18-11-15(8-7-14(18)2)22(28)25-16-9-10-16;1-11-2-3-13(21(29)26-14-5-6-14)9-17(11)27-10-25-18(20(27)24)19(28)12-4-7-15(22)16(23)8-12/h3-8,11-12,16H,9-10,23H2,1-2H3,(H,25,28);2-4,7-10,14H,5-6,24H2,1H3,(H,26,29). The van der Waals surface area contributed by atoms with Crippen molar-refractivity contribution in [2.45, 2.75) is 58.5 Å². The highest BCUT2D eigenvalue weighted by molar-refractivity contribution is 6.11. The Balaban J connectivity index is 0.000000174. The molecule has 0 unspecified atom stereocenters. The molecule has 12 nitrogen and oxygen atoms in total. The molecule has 0 aliphatic heterocycles. The summed E-state index contributed by atoms with van der Waals surface area (Å²) in [7, 11) is 0. The number of nitrogen functional groups attached to an aromatic ring is 2. The van der Waals surface area contributed by atoms with Gasteiger partial charge in [0.15, 0.2) is 23.0 Å². The van der Waals surface area contributed by atoms with Crippen LogP contribution in [0.4, 0.5) is 20.4 Å². The van der Waals surface area contributed by atoms with E-state index in [4.69, 9.17) is 11.5 Å². The van der Waals surface area contributed by atoms with Crippen molar-refractivity contribution in [3.8, 4) is 11.4 Å². The third kappa shape index (κ3) is 8.20. The van der Waals surface area contributed by atoms with Crippen molar-refractivity contribution >= 4 is 35.0 Å². The van der Waals surface area contributed by atoms with E-state index in [9.17, 15) is 28.0 Å². The second-order valence-electron chi connectivity index (χ2n) is 14.3. The van der Waals surface area contributed by atoms with Gasteiger partial charge < -0.3 is 22.1 Å². The number of nitrogens with zero attached hydrogens (tertiary/aromatic N) is 4. The number of imidazole rings is 2. The highest BCUT2D eigenvalue weighted by Gasteiger charge is 2.26. The maximum absolute atomic E-state index is 13.5. The molecule has 6 aromatic rings. The first-order valence-corrected chi connectivity index (χ1v) is 18.4. The summed E-state index contributed by atoms with van der Waals surface area (Å²) in [5, 5.41) is 5.91. The van der Waals surface area contributed by atoms with E-state index in [0.717, 1.165) is 60.2 Å². The zero-order valence-electron chi connectivity index (χ0n) is 31.5. The van der Waals surface area contributed by atoms with Crippen LogP contribution in [0.2, 0.25) is 0 Å². The molecular formula is C43H40F2N8O4. The summed E-state index contributed by atoms with van der Waals surface area (Å²) in [6.45, 7) is 5.65. The van der Waals surface area contributed by atoms with Crippen molar-refractivity contribution in [1.82, 2.24) is 29.7 Å². The molecule has 2 fully saturated rings. The lowest BCUT2D eigenvalue weighted by Gasteiger charge is -2.12. The van der Waals surface area contributed by atoms with Crippen LogP contribution in [0, 0.1) is 32.4 Å². The molecule has 2 aliphatic rings. The van der Waals surface area contributed by atoms with Crippen molar-refractivity contribution in [3.05, 3.63) is 153 Å². The van der Waals surface area contributed by atoms with Crippen LogP contribution in [0.25, 0.3) is 11.4 Å². The summed E-state index contributed by atoms with van der Waals surface area (Å²) in [4.78, 5) is 58.6. The highest BCUT2D eigenvalue weighted by atomic mass is 19.2. The normalized spacial score (nSPS) is 13.4. The van der Waals surface area contributed by atoms with Crippen molar-refractivity contribution in [2.75, 3.05) is 11.5 Å². The third-order valence-corrected chi connectivity index (χ3v) is 9.90. The molecule has 2 heterocycles. The molecule has 14 heteroatoms. The van der Waals surface area contributed by atoms with E-state index in [0.29, 0.717) is 22.4 Å². The van der Waals surface area contributed by atoms with E-state index >= 15 is 0 Å². The molecule has 0 spiro atoms. The lowest BCUT2D eigenvalue weighted by molar-refractivity contribution is 0.0942. The zero-order chi connectivity index (χ0) is 40.5. The number of rotatable bonds is 10. The Morgan fingerprint density at radius 1 is 0.596 bits per heavy atom. The Morgan fingerprint density at radius 2 is 1.07 bits per heavy atom. The number of nitrogens with one attached hydrogen (secondary N) is 2. The van der Waals surface area contributed by atoms with Gasteiger partial charge in [-0.05, 0) is 106 Å². The Kier molecular flexibility index (Phi) is 10.5. The number of nitrogens with two attached hydrogens (primary N) is 2. The van der Waals surface area contributed by atoms with Gasteiger partial charge in [-0.1, -0.05) is 36.4 Å². The zero-order valence-corrected chi connectivity index (χ0v) is 31.5. The summed E-state index contributed by atoms with van der Waals surface area (Å²) < 4.78 is 29.8. The number of carbonyl (C=O) groups excluding carboxylic acids is 4. The second-order valence-corrected chi connectivity index (χ2v) is 14.3. The van der Waals surface area contributed by atoms with Gasteiger partial charge in [0.05, 0.1) is 11.4 Å². The largest absolute Gasteiger partial charge is 0.383 e. The molecule has 8 rings (SSSR count). The van der Waals surface area contributed by atoms with Crippen molar-refractivity contribution in [1.29, 1.82) is 0 Å². The van der Waals surface area contributed by atoms with E-state index in [1.165, 1.54) is 23.3 Å². The molecule has 0 atom stereocenters. The summed E-state index contributed by atoms with van der Waals surface area (Å²) in [5.74, 6) is -2.98. The first kappa shape index (κ1) is 38.3. The number of carbonyl (C=O) groups is 4. The molecule has 290 valence electrons. The van der Waals surface area contributed by atoms with Gasteiger partial charge >= 0.3 is 0 Å². The van der Waals surface area contributed by atoms with Gasteiger partial charge in [0.25, 0.3) is 11.8 Å². The minimum Gasteiger partial charge on any atom is -0.383 e. The van der Waals surface area contributed by atoms with Gasteiger partial charge in [-0.3, -0.25) is 28.3 Å². The highest BCUT2D eigenvalue weighted by Crippen LogP contribution is 2.27. The van der Waals surface area contributed by atoms with Gasteiger partial charge in [0.1, 0.15) is 24.3 Å². The van der Waals surface area contributed by atoms with Crippen molar-refractivity contribution < 1.29 is 28.0 Å². The smallest absolute Gasteiger partial charge is 0.251 e. The fourth-order valence-electron chi connectivity index (χ4n) is 6.19. The van der Waals surface area contributed by atoms with E-state index in [2.05, 4.69) is 20.6 Å². The maximum Gasteiger partial charge on any atom is 0.251 e. The minimum absolute atomic E-state index is 0.0441. The average molecular weight is 771 g/mol. The van der Waals surface area contributed by atoms with E-state index in [-0.39, 0.29) is 58.3 Å². The Morgan fingerprint density at radius 3 is 1.54 bits per heavy atom. The van der Waals surface area contributed by atoms with Crippen LogP contribution in [0.3, 0.4) is 0 Å². The number of amides is 2. The third-order valence-electron chi connectivity index (χ3n) is 9.90. The molecular weight excluding hydrogens is 731 g/mol. The number of benzene rings is 4. The SMILES string of the molecule is Cc1ccc(C(=O)NC2CC2)cc1-n1cnc(C(=O)c2ccc(F)c(F)c2)c1N.Cc1ccccc1C(=O)c1ncn(-c2cc(C(=O)NC3CC3)ccc2C)c1N. The first-order chi connectivity index (χ1) is 27.3. The van der Waals surface area contributed by atoms with Gasteiger partial charge in [0.2, 0.25) is 11.6 Å². The summed E-state index contributed by atoms with van der Waals surface area (Å²) in [6.07, 6.45) is 6.93. The van der Waals surface area contributed by atoms with Crippen molar-refractivity contribution in [3.63, 3.8) is 0 Å². The number of aryl methyl sites for hydroxylation is 3. The molecule has 0 saturated heterocycles. The molecule has 0 bridgehead atoms. The van der Waals surface area contributed by atoms with Crippen LogP contribution in [0.15, 0.2) is 91.5 Å². The van der Waals surface area contributed by atoms with Crippen LogP contribution in [-0.2, 0) is 0 Å². The number of hydrogen-bond acceptors (Lipinski definition) is 8. The molecule has 2 aromatic heterocycles. The molecule has 6 N–H and O–H groups in total. The monoisotopic (exact) mass is 770 g/mol. The quantitative estimate of drug-likeness (QED) is 0.116. The van der Waals surface area contributed by atoms with Crippen LogP contribution in [0.1, 0.15) is 95.2 Å². The predicted molar refractivity (Wildman–Crippen MR) is 211 cm³/mol. The van der Waals surface area contributed by atoms with E-state index < -0.39 is 17.4 Å². The molecule has 2 aliphatic carbocycles. The number of halogens is 2. The average Bonchev–Trinajstić information content (AvgIpc) is 4.13. The molecule has 2 amide bonds. The van der Waals surface area contributed by atoms with Crippen LogP contribution in [-0.4, -0.2) is 54.6 Å². The number of ketones is 2. The molecule has 2 saturated carbocycles. The van der Waals surface area contributed by atoms with Gasteiger partial charge in [0, 0.05) is 34.3 Å². The summed E-state index contributed by atoms with van der Waals surface area (Å²) in [6, 6.07) is 21.4. The van der Waals surface area contributed by atoms with Crippen molar-refractivity contribution in [2.24, 2.45) is 0 Å². The lowest BCUT2D eigenvalue weighted by Crippen LogP contribution is -2.25.